The van der Waals surface area contributed by atoms with Crippen LogP contribution in [0.1, 0.15) is 19.4 Å². The standard InChI is InChI=1S/C13H20FNOS/c1-13(2,9-15-6-7-17)11-8-10(14)4-5-12(11)16-3/h4-5,8,15,17H,6-7,9H2,1-3H3. The lowest BCUT2D eigenvalue weighted by molar-refractivity contribution is 0.385. The molecule has 0 fully saturated rings. The SMILES string of the molecule is COc1ccc(F)cc1C(C)(C)CNCCS. The molecule has 0 atom stereocenters. The third kappa shape index (κ3) is 3.89. The molecule has 2 nitrogen and oxygen atoms in total. The molecule has 0 spiro atoms. The zero-order valence-corrected chi connectivity index (χ0v) is 11.5. The summed E-state index contributed by atoms with van der Waals surface area (Å²) in [5, 5.41) is 3.29. The molecule has 1 rings (SSSR count). The molecule has 0 unspecified atom stereocenters. The van der Waals surface area contributed by atoms with Crippen LogP contribution >= 0.6 is 12.6 Å². The number of halogens is 1. The molecule has 0 bridgehead atoms. The van der Waals surface area contributed by atoms with Crippen molar-refractivity contribution >= 4 is 12.6 Å². The summed E-state index contributed by atoms with van der Waals surface area (Å²) in [4.78, 5) is 0. The summed E-state index contributed by atoms with van der Waals surface area (Å²) in [6, 6.07) is 4.63. The molecule has 96 valence electrons. The van der Waals surface area contributed by atoms with Crippen LogP contribution in [-0.2, 0) is 5.41 Å². The van der Waals surface area contributed by atoms with Gasteiger partial charge in [0.05, 0.1) is 7.11 Å². The molecule has 0 amide bonds. The Bertz CT molecular complexity index is 368. The lowest BCUT2D eigenvalue weighted by Crippen LogP contribution is -2.34. The van der Waals surface area contributed by atoms with Crippen molar-refractivity contribution in [2.45, 2.75) is 19.3 Å². The number of thiol groups is 1. The molecule has 0 radical (unpaired) electrons. The maximum Gasteiger partial charge on any atom is 0.123 e. The molecule has 0 aliphatic carbocycles. The molecule has 17 heavy (non-hydrogen) atoms. The maximum absolute atomic E-state index is 13.3. The van der Waals surface area contributed by atoms with Crippen molar-refractivity contribution in [2.24, 2.45) is 0 Å². The number of benzene rings is 1. The van der Waals surface area contributed by atoms with E-state index in [1.807, 2.05) is 0 Å². The fourth-order valence-corrected chi connectivity index (χ4v) is 1.94. The highest BCUT2D eigenvalue weighted by molar-refractivity contribution is 7.80. The molecule has 1 aromatic rings. The van der Waals surface area contributed by atoms with E-state index in [0.717, 1.165) is 30.2 Å². The van der Waals surface area contributed by atoms with Gasteiger partial charge in [-0.3, -0.25) is 0 Å². The van der Waals surface area contributed by atoms with Crippen LogP contribution in [-0.4, -0.2) is 26.0 Å². The highest BCUT2D eigenvalue weighted by Gasteiger charge is 2.24. The van der Waals surface area contributed by atoms with Crippen molar-refractivity contribution < 1.29 is 9.13 Å². The van der Waals surface area contributed by atoms with Crippen LogP contribution in [0.3, 0.4) is 0 Å². The van der Waals surface area contributed by atoms with E-state index in [1.54, 1.807) is 19.2 Å². The van der Waals surface area contributed by atoms with Gasteiger partial charge in [0, 0.05) is 29.8 Å². The van der Waals surface area contributed by atoms with Gasteiger partial charge < -0.3 is 10.1 Å². The summed E-state index contributed by atoms with van der Waals surface area (Å²) in [5.41, 5.74) is 0.697. The first-order valence-electron chi connectivity index (χ1n) is 5.67. The van der Waals surface area contributed by atoms with Crippen molar-refractivity contribution in [1.29, 1.82) is 0 Å². The van der Waals surface area contributed by atoms with E-state index in [1.165, 1.54) is 6.07 Å². The third-order valence-corrected chi connectivity index (χ3v) is 2.97. The lowest BCUT2D eigenvalue weighted by atomic mass is 9.84. The van der Waals surface area contributed by atoms with E-state index in [-0.39, 0.29) is 11.2 Å². The molecule has 1 aromatic carbocycles. The van der Waals surface area contributed by atoms with Gasteiger partial charge in [-0.1, -0.05) is 13.8 Å². The molecule has 0 aliphatic heterocycles. The van der Waals surface area contributed by atoms with E-state index >= 15 is 0 Å². The topological polar surface area (TPSA) is 21.3 Å². The van der Waals surface area contributed by atoms with E-state index in [9.17, 15) is 4.39 Å². The minimum Gasteiger partial charge on any atom is -0.496 e. The number of ether oxygens (including phenoxy) is 1. The van der Waals surface area contributed by atoms with Crippen LogP contribution in [0.2, 0.25) is 0 Å². The fourth-order valence-electron chi connectivity index (χ4n) is 1.78. The van der Waals surface area contributed by atoms with Gasteiger partial charge in [0.2, 0.25) is 0 Å². The fraction of sp³-hybridized carbons (Fsp3) is 0.538. The van der Waals surface area contributed by atoms with Gasteiger partial charge in [0.15, 0.2) is 0 Å². The highest BCUT2D eigenvalue weighted by atomic mass is 32.1. The number of rotatable bonds is 6. The average Bonchev–Trinajstić information content (AvgIpc) is 2.29. The summed E-state index contributed by atoms with van der Waals surface area (Å²) in [5.74, 6) is 1.28. The first-order valence-corrected chi connectivity index (χ1v) is 6.30. The second-order valence-corrected chi connectivity index (χ2v) is 5.08. The largest absolute Gasteiger partial charge is 0.496 e. The molecule has 0 saturated carbocycles. The summed E-state index contributed by atoms with van der Waals surface area (Å²) < 4.78 is 18.6. The van der Waals surface area contributed by atoms with Gasteiger partial charge in [0.25, 0.3) is 0 Å². The number of nitrogens with one attached hydrogen (secondary N) is 1. The normalized spacial score (nSPS) is 11.6. The van der Waals surface area contributed by atoms with Crippen molar-refractivity contribution in [1.82, 2.24) is 5.32 Å². The molecular formula is C13H20FNOS. The van der Waals surface area contributed by atoms with Crippen molar-refractivity contribution in [3.8, 4) is 5.75 Å². The van der Waals surface area contributed by atoms with Crippen LogP contribution in [0.15, 0.2) is 18.2 Å². The van der Waals surface area contributed by atoms with Gasteiger partial charge in [0.1, 0.15) is 11.6 Å². The molecule has 4 heteroatoms. The number of methoxy groups -OCH3 is 1. The molecule has 1 N–H and O–H groups in total. The van der Waals surface area contributed by atoms with Crippen LogP contribution in [0.4, 0.5) is 4.39 Å². The molecular weight excluding hydrogens is 237 g/mol. The minimum absolute atomic E-state index is 0.184. The minimum atomic E-state index is -0.233. The van der Waals surface area contributed by atoms with Gasteiger partial charge in [-0.2, -0.15) is 12.6 Å². The Morgan fingerprint density at radius 1 is 1.41 bits per heavy atom. The van der Waals surface area contributed by atoms with Gasteiger partial charge in [-0.05, 0) is 18.2 Å². The first kappa shape index (κ1) is 14.3. The Morgan fingerprint density at radius 2 is 2.12 bits per heavy atom. The van der Waals surface area contributed by atoms with E-state index in [2.05, 4.69) is 31.8 Å². The summed E-state index contributed by atoms with van der Waals surface area (Å²) >= 11 is 4.15. The van der Waals surface area contributed by atoms with Crippen LogP contribution in [0.5, 0.6) is 5.75 Å². The summed E-state index contributed by atoms with van der Waals surface area (Å²) in [6.45, 7) is 5.73. The Labute approximate surface area is 108 Å². The van der Waals surface area contributed by atoms with E-state index in [0.29, 0.717) is 0 Å². The summed E-state index contributed by atoms with van der Waals surface area (Å²) in [7, 11) is 1.61. The zero-order chi connectivity index (χ0) is 12.9. The predicted octanol–water partition coefficient (Wildman–Crippen LogP) is 2.63. The lowest BCUT2D eigenvalue weighted by Gasteiger charge is -2.27. The third-order valence-electron chi connectivity index (χ3n) is 2.75. The van der Waals surface area contributed by atoms with Crippen LogP contribution in [0.25, 0.3) is 0 Å². The maximum atomic E-state index is 13.3. The van der Waals surface area contributed by atoms with E-state index in [4.69, 9.17) is 4.74 Å². The molecule has 0 saturated heterocycles. The van der Waals surface area contributed by atoms with Gasteiger partial charge >= 0.3 is 0 Å². The Kier molecular flexibility index (Phi) is 5.28. The highest BCUT2D eigenvalue weighted by Crippen LogP contribution is 2.31. The average molecular weight is 257 g/mol. The van der Waals surface area contributed by atoms with Crippen LogP contribution in [0, 0.1) is 5.82 Å². The first-order chi connectivity index (χ1) is 8.01. The van der Waals surface area contributed by atoms with Crippen molar-refractivity contribution in [3.63, 3.8) is 0 Å². The number of hydrogen-bond donors (Lipinski definition) is 2. The Hall–Kier alpha value is -0.740. The predicted molar refractivity (Wildman–Crippen MR) is 72.7 cm³/mol. The number of hydrogen-bond acceptors (Lipinski definition) is 3. The Balaban J connectivity index is 2.91. The zero-order valence-electron chi connectivity index (χ0n) is 10.6. The van der Waals surface area contributed by atoms with Gasteiger partial charge in [-0.25, -0.2) is 4.39 Å². The molecule has 0 aliphatic rings. The van der Waals surface area contributed by atoms with Crippen molar-refractivity contribution in [2.75, 3.05) is 26.0 Å². The monoisotopic (exact) mass is 257 g/mol. The molecule has 0 heterocycles. The van der Waals surface area contributed by atoms with Crippen LogP contribution < -0.4 is 10.1 Å². The van der Waals surface area contributed by atoms with Gasteiger partial charge in [-0.15, -0.1) is 0 Å². The van der Waals surface area contributed by atoms with E-state index < -0.39 is 0 Å². The molecule has 0 aromatic heterocycles. The second-order valence-electron chi connectivity index (χ2n) is 4.63. The second kappa shape index (κ2) is 6.26. The quantitative estimate of drug-likeness (QED) is 0.604. The Morgan fingerprint density at radius 3 is 2.71 bits per heavy atom. The van der Waals surface area contributed by atoms with Crippen molar-refractivity contribution in [3.05, 3.63) is 29.6 Å². The summed E-state index contributed by atoms with van der Waals surface area (Å²) in [6.07, 6.45) is 0. The smallest absolute Gasteiger partial charge is 0.123 e.